The Kier molecular flexibility index (Phi) is 6.03. The van der Waals surface area contributed by atoms with Gasteiger partial charge in [0, 0.05) is 12.3 Å². The number of esters is 2. The zero-order chi connectivity index (χ0) is 13.2. The molecule has 1 N–H and O–H groups in total. The van der Waals surface area contributed by atoms with E-state index in [1.54, 1.807) is 0 Å². The summed E-state index contributed by atoms with van der Waals surface area (Å²) >= 11 is 0. The number of hydrogen-bond donors (Lipinski definition) is 1. The van der Waals surface area contributed by atoms with Gasteiger partial charge in [-0.3, -0.25) is 4.79 Å². The smallest absolute Gasteiger partial charge is 0.332 e. The molecule has 0 spiro atoms. The first kappa shape index (κ1) is 13.8. The molecule has 0 aliphatic rings. The molecule has 0 fully saturated rings. The highest BCUT2D eigenvalue weighted by Crippen LogP contribution is 2.00. The number of nitrogens with one attached hydrogen (secondary N) is 1. The van der Waals surface area contributed by atoms with Gasteiger partial charge in [0.2, 0.25) is 0 Å². The number of rotatable bonds is 6. The molecule has 0 saturated heterocycles. The van der Waals surface area contributed by atoms with Crippen LogP contribution in [-0.2, 0) is 25.7 Å². The molecular formula is C13H15NO4. The third-order valence-corrected chi connectivity index (χ3v) is 2.04. The number of methoxy groups -OCH3 is 1. The largest absolute Gasteiger partial charge is 0.468 e. The maximum Gasteiger partial charge on any atom is 0.332 e. The summed E-state index contributed by atoms with van der Waals surface area (Å²) in [4.78, 5) is 22.0. The maximum absolute atomic E-state index is 11.3. The van der Waals surface area contributed by atoms with Crippen LogP contribution in [-0.4, -0.2) is 25.6 Å². The van der Waals surface area contributed by atoms with Crippen LogP contribution in [0.5, 0.6) is 0 Å². The van der Waals surface area contributed by atoms with E-state index in [9.17, 15) is 9.59 Å². The molecule has 1 aromatic carbocycles. The van der Waals surface area contributed by atoms with Crippen LogP contribution in [0.1, 0.15) is 5.56 Å². The second-order valence-corrected chi connectivity index (χ2v) is 3.38. The molecule has 0 saturated carbocycles. The Labute approximate surface area is 105 Å². The summed E-state index contributed by atoms with van der Waals surface area (Å²) in [5.41, 5.74) is 0.918. The van der Waals surface area contributed by atoms with Gasteiger partial charge in [0.1, 0.15) is 13.2 Å². The predicted octanol–water partition coefficient (Wildman–Crippen LogP) is 1.01. The fourth-order valence-corrected chi connectivity index (χ4v) is 1.12. The molecule has 0 radical (unpaired) electrons. The molecule has 0 heterocycles. The van der Waals surface area contributed by atoms with Gasteiger partial charge in [-0.25, -0.2) is 4.79 Å². The van der Waals surface area contributed by atoms with E-state index in [0.717, 1.165) is 5.56 Å². The molecule has 0 amide bonds. The summed E-state index contributed by atoms with van der Waals surface area (Å²) in [7, 11) is 1.29. The normalized spacial score (nSPS) is 10.1. The Bertz CT molecular complexity index is 414. The van der Waals surface area contributed by atoms with Crippen molar-refractivity contribution in [2.45, 2.75) is 6.61 Å². The van der Waals surface area contributed by atoms with Crippen LogP contribution >= 0.6 is 0 Å². The van der Waals surface area contributed by atoms with Crippen LogP contribution in [0, 0.1) is 0 Å². The van der Waals surface area contributed by atoms with E-state index in [1.807, 2.05) is 30.3 Å². The van der Waals surface area contributed by atoms with E-state index >= 15 is 0 Å². The molecule has 0 unspecified atom stereocenters. The van der Waals surface area contributed by atoms with Gasteiger partial charge in [-0.1, -0.05) is 30.3 Å². The van der Waals surface area contributed by atoms with Gasteiger partial charge in [0.25, 0.3) is 0 Å². The van der Waals surface area contributed by atoms with Crippen molar-refractivity contribution in [3.05, 3.63) is 48.2 Å². The van der Waals surface area contributed by atoms with Gasteiger partial charge < -0.3 is 14.8 Å². The van der Waals surface area contributed by atoms with Crippen LogP contribution in [0.25, 0.3) is 0 Å². The molecule has 96 valence electrons. The Morgan fingerprint density at radius 1 is 1.28 bits per heavy atom. The molecule has 1 aromatic rings. The van der Waals surface area contributed by atoms with Crippen LogP contribution in [0.4, 0.5) is 0 Å². The first-order valence-corrected chi connectivity index (χ1v) is 5.40. The molecule has 0 bridgehead atoms. The van der Waals surface area contributed by atoms with Crippen molar-refractivity contribution in [2.75, 3.05) is 13.7 Å². The van der Waals surface area contributed by atoms with Crippen LogP contribution in [0.3, 0.4) is 0 Å². The van der Waals surface area contributed by atoms with Gasteiger partial charge in [-0.05, 0) is 5.56 Å². The molecule has 5 nitrogen and oxygen atoms in total. The summed E-state index contributed by atoms with van der Waals surface area (Å²) in [6, 6.07) is 9.37. The van der Waals surface area contributed by atoms with Crippen molar-refractivity contribution in [3.8, 4) is 0 Å². The summed E-state index contributed by atoms with van der Waals surface area (Å²) in [5, 5.41) is 2.61. The first-order chi connectivity index (χ1) is 8.72. The van der Waals surface area contributed by atoms with Gasteiger partial charge in [0.05, 0.1) is 7.11 Å². The molecule has 0 aliphatic heterocycles. The van der Waals surface area contributed by atoms with Gasteiger partial charge >= 0.3 is 11.9 Å². The highest BCUT2D eigenvalue weighted by molar-refractivity contribution is 5.81. The molecule has 1 rings (SSSR count). The highest BCUT2D eigenvalue weighted by Gasteiger charge is 1.98. The zero-order valence-electron chi connectivity index (χ0n) is 10.1. The van der Waals surface area contributed by atoms with Crippen molar-refractivity contribution in [2.24, 2.45) is 0 Å². The van der Waals surface area contributed by atoms with Crippen molar-refractivity contribution in [1.82, 2.24) is 5.32 Å². The summed E-state index contributed by atoms with van der Waals surface area (Å²) in [6.07, 6.45) is 2.57. The lowest BCUT2D eigenvalue weighted by atomic mass is 10.2. The Hall–Kier alpha value is -2.30. The van der Waals surface area contributed by atoms with E-state index in [0.29, 0.717) is 0 Å². The number of ether oxygens (including phenoxy) is 2. The van der Waals surface area contributed by atoms with E-state index in [4.69, 9.17) is 4.74 Å². The molecule has 0 aromatic heterocycles. The minimum Gasteiger partial charge on any atom is -0.468 e. The number of benzene rings is 1. The SMILES string of the molecule is COC(=O)CNC=CC(=O)OCc1ccccc1. The molecular weight excluding hydrogens is 234 g/mol. The quantitative estimate of drug-likeness (QED) is 0.602. The standard InChI is InChI=1S/C13H15NO4/c1-17-13(16)9-14-8-7-12(15)18-10-11-5-3-2-4-6-11/h2-8,14H,9-10H2,1H3. The number of carbonyl (C=O) groups excluding carboxylic acids is 2. The average molecular weight is 249 g/mol. The molecule has 0 aliphatic carbocycles. The number of hydrogen-bond acceptors (Lipinski definition) is 5. The van der Waals surface area contributed by atoms with Gasteiger partial charge in [-0.2, -0.15) is 0 Å². The minimum absolute atomic E-state index is 0.0129. The van der Waals surface area contributed by atoms with Crippen LogP contribution < -0.4 is 5.32 Å². The van der Waals surface area contributed by atoms with Crippen molar-refractivity contribution < 1.29 is 19.1 Å². The Morgan fingerprint density at radius 2 is 2.00 bits per heavy atom. The maximum atomic E-state index is 11.3. The fourth-order valence-electron chi connectivity index (χ4n) is 1.12. The average Bonchev–Trinajstić information content (AvgIpc) is 2.42. The zero-order valence-corrected chi connectivity index (χ0v) is 10.1. The third-order valence-electron chi connectivity index (χ3n) is 2.04. The highest BCUT2D eigenvalue weighted by atomic mass is 16.5. The van der Waals surface area contributed by atoms with E-state index < -0.39 is 11.9 Å². The fraction of sp³-hybridized carbons (Fsp3) is 0.231. The van der Waals surface area contributed by atoms with Crippen molar-refractivity contribution in [3.63, 3.8) is 0 Å². The minimum atomic E-state index is -0.476. The van der Waals surface area contributed by atoms with Crippen molar-refractivity contribution in [1.29, 1.82) is 0 Å². The lowest BCUT2D eigenvalue weighted by molar-refractivity contribution is -0.140. The Balaban J connectivity index is 2.21. The van der Waals surface area contributed by atoms with E-state index in [2.05, 4.69) is 10.1 Å². The van der Waals surface area contributed by atoms with Crippen molar-refractivity contribution >= 4 is 11.9 Å². The lowest BCUT2D eigenvalue weighted by Gasteiger charge is -2.02. The topological polar surface area (TPSA) is 64.6 Å². The molecule has 0 atom stereocenters. The second-order valence-electron chi connectivity index (χ2n) is 3.38. The summed E-state index contributed by atoms with van der Waals surface area (Å²) in [5.74, 6) is -0.881. The van der Waals surface area contributed by atoms with E-state index in [-0.39, 0.29) is 13.2 Å². The molecule has 18 heavy (non-hydrogen) atoms. The van der Waals surface area contributed by atoms with Gasteiger partial charge in [0.15, 0.2) is 0 Å². The number of carbonyl (C=O) groups is 2. The van der Waals surface area contributed by atoms with E-state index in [1.165, 1.54) is 19.4 Å². The third kappa shape index (κ3) is 5.69. The Morgan fingerprint density at radius 3 is 2.67 bits per heavy atom. The molecule has 5 heteroatoms. The second kappa shape index (κ2) is 7.89. The monoisotopic (exact) mass is 249 g/mol. The lowest BCUT2D eigenvalue weighted by Crippen LogP contribution is -2.19. The van der Waals surface area contributed by atoms with Gasteiger partial charge in [-0.15, -0.1) is 0 Å². The summed E-state index contributed by atoms with van der Waals surface area (Å²) < 4.78 is 9.39. The first-order valence-electron chi connectivity index (χ1n) is 5.40. The van der Waals surface area contributed by atoms with Crippen LogP contribution in [0.15, 0.2) is 42.6 Å². The predicted molar refractivity (Wildman–Crippen MR) is 65.4 cm³/mol. The van der Waals surface area contributed by atoms with Crippen LogP contribution in [0.2, 0.25) is 0 Å². The summed E-state index contributed by atoms with van der Waals surface area (Å²) in [6.45, 7) is 0.236.